The standard InChI is InChI=1S/C16H20N2O2/c1-12-8-15(20-2)9-14(18-12)10-17-11-16(19)13-6-4-3-5-7-13/h3-9,16-17,19H,10-11H2,1-2H3. The van der Waals surface area contributed by atoms with Gasteiger partial charge in [0.2, 0.25) is 0 Å². The molecule has 106 valence electrons. The van der Waals surface area contributed by atoms with Crippen molar-refractivity contribution < 1.29 is 9.84 Å². The van der Waals surface area contributed by atoms with Gasteiger partial charge >= 0.3 is 0 Å². The van der Waals surface area contributed by atoms with Gasteiger partial charge in [0, 0.05) is 30.9 Å². The van der Waals surface area contributed by atoms with E-state index in [4.69, 9.17) is 4.74 Å². The third-order valence-corrected chi connectivity index (χ3v) is 3.04. The van der Waals surface area contributed by atoms with Crippen molar-refractivity contribution in [2.24, 2.45) is 0 Å². The lowest BCUT2D eigenvalue weighted by atomic mass is 10.1. The highest BCUT2D eigenvalue weighted by atomic mass is 16.5. The summed E-state index contributed by atoms with van der Waals surface area (Å²) in [4.78, 5) is 4.43. The Balaban J connectivity index is 1.88. The van der Waals surface area contributed by atoms with Crippen LogP contribution in [0.15, 0.2) is 42.5 Å². The van der Waals surface area contributed by atoms with Crippen molar-refractivity contribution >= 4 is 0 Å². The molecule has 0 aliphatic rings. The molecule has 20 heavy (non-hydrogen) atoms. The van der Waals surface area contributed by atoms with E-state index in [2.05, 4.69) is 10.3 Å². The SMILES string of the molecule is COc1cc(C)nc(CNCC(O)c2ccccc2)c1. The molecule has 1 aromatic carbocycles. The van der Waals surface area contributed by atoms with E-state index in [0.717, 1.165) is 22.7 Å². The van der Waals surface area contributed by atoms with Crippen LogP contribution in [0.5, 0.6) is 5.75 Å². The van der Waals surface area contributed by atoms with E-state index in [1.54, 1.807) is 7.11 Å². The molecule has 4 nitrogen and oxygen atoms in total. The lowest BCUT2D eigenvalue weighted by molar-refractivity contribution is 0.174. The van der Waals surface area contributed by atoms with Crippen molar-refractivity contribution in [3.05, 3.63) is 59.4 Å². The lowest BCUT2D eigenvalue weighted by Crippen LogP contribution is -2.21. The summed E-state index contributed by atoms with van der Waals surface area (Å²) in [5.74, 6) is 0.804. The van der Waals surface area contributed by atoms with Gasteiger partial charge in [-0.2, -0.15) is 0 Å². The molecule has 0 amide bonds. The topological polar surface area (TPSA) is 54.4 Å². The molecule has 0 aliphatic carbocycles. The van der Waals surface area contributed by atoms with Crippen LogP contribution in [0.1, 0.15) is 23.1 Å². The minimum atomic E-state index is -0.511. The molecule has 0 aliphatic heterocycles. The van der Waals surface area contributed by atoms with E-state index in [1.807, 2.05) is 49.4 Å². The minimum Gasteiger partial charge on any atom is -0.497 e. The molecule has 0 bridgehead atoms. The summed E-state index contributed by atoms with van der Waals surface area (Å²) >= 11 is 0. The largest absolute Gasteiger partial charge is 0.497 e. The Bertz CT molecular complexity index is 543. The van der Waals surface area contributed by atoms with Gasteiger partial charge in [-0.05, 0) is 12.5 Å². The molecule has 1 aromatic heterocycles. The second-order valence-electron chi connectivity index (χ2n) is 4.70. The van der Waals surface area contributed by atoms with Gasteiger partial charge in [-0.1, -0.05) is 30.3 Å². The van der Waals surface area contributed by atoms with Crippen LogP contribution in [0.4, 0.5) is 0 Å². The molecule has 2 rings (SSSR count). The van der Waals surface area contributed by atoms with Gasteiger partial charge < -0.3 is 15.2 Å². The van der Waals surface area contributed by atoms with Gasteiger partial charge in [-0.15, -0.1) is 0 Å². The Morgan fingerprint density at radius 1 is 1.25 bits per heavy atom. The molecule has 0 radical (unpaired) electrons. The lowest BCUT2D eigenvalue weighted by Gasteiger charge is -2.12. The molecule has 1 heterocycles. The maximum absolute atomic E-state index is 10.0. The predicted octanol–water partition coefficient (Wildman–Crippen LogP) is 2.22. The number of pyridine rings is 1. The highest BCUT2D eigenvalue weighted by Crippen LogP contribution is 2.14. The Morgan fingerprint density at radius 3 is 2.70 bits per heavy atom. The fraction of sp³-hybridized carbons (Fsp3) is 0.312. The van der Waals surface area contributed by atoms with Gasteiger partial charge in [0.05, 0.1) is 18.9 Å². The first-order valence-electron chi connectivity index (χ1n) is 6.64. The third kappa shape index (κ3) is 4.05. The molecule has 4 heteroatoms. The number of nitrogens with one attached hydrogen (secondary N) is 1. The highest BCUT2D eigenvalue weighted by Gasteiger charge is 2.06. The molecule has 0 saturated carbocycles. The molecule has 0 fully saturated rings. The third-order valence-electron chi connectivity index (χ3n) is 3.04. The Morgan fingerprint density at radius 2 is 2.00 bits per heavy atom. The van der Waals surface area contributed by atoms with Crippen LogP contribution in [0, 0.1) is 6.92 Å². The molecular weight excluding hydrogens is 252 g/mol. The molecule has 2 aromatic rings. The molecule has 1 unspecified atom stereocenters. The number of aliphatic hydroxyl groups excluding tert-OH is 1. The van der Waals surface area contributed by atoms with Gasteiger partial charge in [-0.3, -0.25) is 4.98 Å². The first-order valence-corrected chi connectivity index (χ1v) is 6.64. The van der Waals surface area contributed by atoms with Crippen molar-refractivity contribution in [3.63, 3.8) is 0 Å². The average Bonchev–Trinajstić information content (AvgIpc) is 2.47. The summed E-state index contributed by atoms with van der Waals surface area (Å²) in [6, 6.07) is 13.4. The van der Waals surface area contributed by atoms with Crippen molar-refractivity contribution in [2.75, 3.05) is 13.7 Å². The average molecular weight is 272 g/mol. The summed E-state index contributed by atoms with van der Waals surface area (Å²) in [5.41, 5.74) is 2.74. The number of aliphatic hydroxyl groups is 1. The van der Waals surface area contributed by atoms with Gasteiger partial charge in [-0.25, -0.2) is 0 Å². The van der Waals surface area contributed by atoms with Crippen molar-refractivity contribution in [1.82, 2.24) is 10.3 Å². The fourth-order valence-electron chi connectivity index (χ4n) is 2.04. The zero-order chi connectivity index (χ0) is 14.4. The van der Waals surface area contributed by atoms with E-state index in [0.29, 0.717) is 13.1 Å². The summed E-state index contributed by atoms with van der Waals surface area (Å²) in [6.45, 7) is 3.02. The van der Waals surface area contributed by atoms with E-state index < -0.39 is 6.10 Å². The molecule has 0 saturated heterocycles. The Kier molecular flexibility index (Phi) is 5.09. The monoisotopic (exact) mass is 272 g/mol. The van der Waals surface area contributed by atoms with E-state index >= 15 is 0 Å². The quantitative estimate of drug-likeness (QED) is 0.846. The van der Waals surface area contributed by atoms with Crippen LogP contribution >= 0.6 is 0 Å². The second-order valence-corrected chi connectivity index (χ2v) is 4.70. The van der Waals surface area contributed by atoms with Crippen LogP contribution in [0.3, 0.4) is 0 Å². The number of benzene rings is 1. The number of aromatic nitrogens is 1. The van der Waals surface area contributed by atoms with Crippen molar-refractivity contribution in [3.8, 4) is 5.75 Å². The minimum absolute atomic E-state index is 0.488. The number of hydrogen-bond donors (Lipinski definition) is 2. The fourth-order valence-corrected chi connectivity index (χ4v) is 2.04. The van der Waals surface area contributed by atoms with Crippen LogP contribution in [-0.2, 0) is 6.54 Å². The Hall–Kier alpha value is -1.91. The molecular formula is C16H20N2O2. The smallest absolute Gasteiger partial charge is 0.122 e. The zero-order valence-electron chi connectivity index (χ0n) is 11.8. The normalized spacial score (nSPS) is 12.2. The summed E-state index contributed by atoms with van der Waals surface area (Å²) in [7, 11) is 1.64. The zero-order valence-corrected chi connectivity index (χ0v) is 11.8. The summed E-state index contributed by atoms with van der Waals surface area (Å²) < 4.78 is 5.22. The van der Waals surface area contributed by atoms with Crippen LogP contribution in [0.25, 0.3) is 0 Å². The number of hydrogen-bond acceptors (Lipinski definition) is 4. The van der Waals surface area contributed by atoms with Crippen LogP contribution in [-0.4, -0.2) is 23.7 Å². The molecule has 1 atom stereocenters. The highest BCUT2D eigenvalue weighted by molar-refractivity contribution is 5.26. The van der Waals surface area contributed by atoms with E-state index in [1.165, 1.54) is 0 Å². The van der Waals surface area contributed by atoms with E-state index in [-0.39, 0.29) is 0 Å². The molecule has 2 N–H and O–H groups in total. The first-order chi connectivity index (χ1) is 9.69. The maximum Gasteiger partial charge on any atom is 0.122 e. The number of methoxy groups -OCH3 is 1. The van der Waals surface area contributed by atoms with E-state index in [9.17, 15) is 5.11 Å². The number of ether oxygens (including phenoxy) is 1. The summed E-state index contributed by atoms with van der Waals surface area (Å²) in [5, 5.41) is 13.3. The summed E-state index contributed by atoms with van der Waals surface area (Å²) in [6.07, 6.45) is -0.511. The van der Waals surface area contributed by atoms with Gasteiger partial charge in [0.1, 0.15) is 5.75 Å². The number of aryl methyl sites for hydroxylation is 1. The first kappa shape index (κ1) is 14.5. The van der Waals surface area contributed by atoms with Crippen molar-refractivity contribution in [2.45, 2.75) is 19.6 Å². The number of rotatable bonds is 6. The predicted molar refractivity (Wildman–Crippen MR) is 78.6 cm³/mol. The van der Waals surface area contributed by atoms with Gasteiger partial charge in [0.15, 0.2) is 0 Å². The molecule has 0 spiro atoms. The van der Waals surface area contributed by atoms with Crippen molar-refractivity contribution in [1.29, 1.82) is 0 Å². The van der Waals surface area contributed by atoms with Gasteiger partial charge in [0.25, 0.3) is 0 Å². The number of nitrogens with zero attached hydrogens (tertiary/aromatic N) is 1. The van der Waals surface area contributed by atoms with Crippen LogP contribution < -0.4 is 10.1 Å². The maximum atomic E-state index is 10.0. The second kappa shape index (κ2) is 7.03. The Labute approximate surface area is 119 Å². The van der Waals surface area contributed by atoms with Crippen LogP contribution in [0.2, 0.25) is 0 Å².